The molecule has 0 radical (unpaired) electrons. The zero-order valence-electron chi connectivity index (χ0n) is 16.1. The van der Waals surface area contributed by atoms with Crippen LogP contribution in [0.5, 0.6) is 0 Å². The summed E-state index contributed by atoms with van der Waals surface area (Å²) in [6, 6.07) is 13.8. The molecule has 1 aliphatic heterocycles. The zero-order valence-corrected chi connectivity index (χ0v) is 16.9. The lowest BCUT2D eigenvalue weighted by atomic mass is 9.91. The van der Waals surface area contributed by atoms with Gasteiger partial charge in [0.25, 0.3) is 5.91 Å². The van der Waals surface area contributed by atoms with E-state index in [-0.39, 0.29) is 11.9 Å². The predicted molar refractivity (Wildman–Crippen MR) is 114 cm³/mol. The molecule has 2 aromatic carbocycles. The summed E-state index contributed by atoms with van der Waals surface area (Å²) in [4.78, 5) is 19.8. The molecule has 0 bridgehead atoms. The average Bonchev–Trinajstić information content (AvgIpc) is 3.07. The summed E-state index contributed by atoms with van der Waals surface area (Å²) >= 11 is 6.03. The summed E-state index contributed by atoms with van der Waals surface area (Å²) in [5.74, 6) is 0.0239. The van der Waals surface area contributed by atoms with E-state index in [1.807, 2.05) is 41.3 Å². The maximum absolute atomic E-state index is 13.3. The Morgan fingerprint density at radius 1 is 1.14 bits per heavy atom. The fourth-order valence-corrected chi connectivity index (χ4v) is 4.94. The van der Waals surface area contributed by atoms with Crippen molar-refractivity contribution in [1.29, 1.82) is 0 Å². The summed E-state index contributed by atoms with van der Waals surface area (Å²) in [6.07, 6.45) is 5.79. The zero-order chi connectivity index (χ0) is 20.0. The minimum Gasteiger partial charge on any atom is -0.391 e. The van der Waals surface area contributed by atoms with Gasteiger partial charge in [0, 0.05) is 34.3 Å². The van der Waals surface area contributed by atoms with Gasteiger partial charge < -0.3 is 10.0 Å². The maximum Gasteiger partial charge on any atom is 0.254 e. The van der Waals surface area contributed by atoms with Crippen molar-refractivity contribution in [2.24, 2.45) is 0 Å². The Bertz CT molecular complexity index is 1080. The first kappa shape index (κ1) is 18.6. The van der Waals surface area contributed by atoms with Gasteiger partial charge in [-0.1, -0.05) is 42.6 Å². The van der Waals surface area contributed by atoms with Crippen molar-refractivity contribution >= 4 is 28.4 Å². The molecule has 4 nitrogen and oxygen atoms in total. The fraction of sp³-hybridized carbons (Fsp3) is 0.333. The second-order valence-electron chi connectivity index (χ2n) is 8.12. The van der Waals surface area contributed by atoms with Crippen molar-refractivity contribution in [3.05, 3.63) is 75.9 Å². The number of carbonyl (C=O) groups is 1. The number of hydrogen-bond acceptors (Lipinski definition) is 3. The third-order valence-corrected chi connectivity index (χ3v) is 6.56. The van der Waals surface area contributed by atoms with Gasteiger partial charge in [0.05, 0.1) is 17.7 Å². The molecule has 148 valence electrons. The van der Waals surface area contributed by atoms with Gasteiger partial charge in [0.1, 0.15) is 0 Å². The predicted octanol–water partition coefficient (Wildman–Crippen LogP) is 4.74. The van der Waals surface area contributed by atoms with E-state index < -0.39 is 6.10 Å². The van der Waals surface area contributed by atoms with Crippen LogP contribution in [0.4, 0.5) is 0 Å². The smallest absolute Gasteiger partial charge is 0.254 e. The highest BCUT2D eigenvalue weighted by molar-refractivity contribution is 6.30. The second-order valence-corrected chi connectivity index (χ2v) is 8.55. The molecule has 29 heavy (non-hydrogen) atoms. The number of hydrogen-bond donors (Lipinski definition) is 1. The lowest BCUT2D eigenvalue weighted by molar-refractivity contribution is 0.0192. The summed E-state index contributed by atoms with van der Waals surface area (Å²) in [5.41, 5.74) is 4.86. The van der Waals surface area contributed by atoms with Gasteiger partial charge in [-0.05, 0) is 54.7 Å². The molecule has 1 N–H and O–H groups in total. The molecule has 2 heterocycles. The van der Waals surface area contributed by atoms with E-state index in [0.717, 1.165) is 58.8 Å². The van der Waals surface area contributed by atoms with Crippen molar-refractivity contribution in [3.8, 4) is 0 Å². The molecule has 5 heteroatoms. The highest BCUT2D eigenvalue weighted by atomic mass is 35.5. The first-order valence-corrected chi connectivity index (χ1v) is 10.6. The molecule has 1 aromatic heterocycles. The van der Waals surface area contributed by atoms with E-state index in [1.165, 1.54) is 0 Å². The van der Waals surface area contributed by atoms with Crippen molar-refractivity contribution in [1.82, 2.24) is 9.88 Å². The molecule has 1 aliphatic carbocycles. The quantitative estimate of drug-likeness (QED) is 0.683. The molecule has 2 aliphatic rings. The molecule has 5 rings (SSSR count). The van der Waals surface area contributed by atoms with E-state index in [2.05, 4.69) is 11.1 Å². The molecule has 2 unspecified atom stereocenters. The van der Waals surface area contributed by atoms with Crippen LogP contribution in [0.3, 0.4) is 0 Å². The van der Waals surface area contributed by atoms with Crippen LogP contribution in [0.1, 0.15) is 52.7 Å². The summed E-state index contributed by atoms with van der Waals surface area (Å²) < 4.78 is 0. The van der Waals surface area contributed by atoms with Gasteiger partial charge in [-0.25, -0.2) is 0 Å². The number of amides is 1. The fourth-order valence-electron chi connectivity index (χ4n) is 4.81. The Kier molecular flexibility index (Phi) is 4.76. The first-order valence-electron chi connectivity index (χ1n) is 10.2. The van der Waals surface area contributed by atoms with Crippen LogP contribution in [0.2, 0.25) is 5.02 Å². The Hall–Kier alpha value is -2.43. The van der Waals surface area contributed by atoms with Crippen molar-refractivity contribution in [2.45, 2.75) is 50.8 Å². The summed E-state index contributed by atoms with van der Waals surface area (Å²) in [5, 5.41) is 12.3. The van der Waals surface area contributed by atoms with Gasteiger partial charge in [-0.15, -0.1) is 0 Å². The molecule has 3 aromatic rings. The molecule has 0 spiro atoms. The standard InChI is InChI=1S/C24H23ClN2O2/c25-17-9-7-15(8-10-17)12-16-13-19-20(23-18(16)4-3-11-26-23)14-27(24(19)29)21-5-1-2-6-22(21)28/h3-4,7-11,13,21-22,28H,1-2,5-6,12,14H2. The van der Waals surface area contributed by atoms with Crippen molar-refractivity contribution < 1.29 is 9.90 Å². The minimum atomic E-state index is -0.435. The van der Waals surface area contributed by atoms with Crippen molar-refractivity contribution in [3.63, 3.8) is 0 Å². The molecular weight excluding hydrogens is 384 g/mol. The highest BCUT2D eigenvalue weighted by Crippen LogP contribution is 2.36. The number of nitrogens with zero attached hydrogens (tertiary/aromatic N) is 2. The second kappa shape index (κ2) is 7.43. The van der Waals surface area contributed by atoms with Gasteiger partial charge in [0.2, 0.25) is 0 Å². The number of pyridine rings is 1. The number of fused-ring (bicyclic) bond motifs is 3. The highest BCUT2D eigenvalue weighted by Gasteiger charge is 2.38. The number of benzene rings is 2. The Morgan fingerprint density at radius 3 is 2.72 bits per heavy atom. The van der Waals surface area contributed by atoms with E-state index in [0.29, 0.717) is 18.0 Å². The number of halogens is 1. The van der Waals surface area contributed by atoms with Crippen LogP contribution >= 0.6 is 11.6 Å². The molecule has 1 fully saturated rings. The van der Waals surface area contributed by atoms with Gasteiger partial charge in [0.15, 0.2) is 0 Å². The Balaban J connectivity index is 1.56. The third kappa shape index (κ3) is 3.30. The number of aromatic nitrogens is 1. The molecule has 0 saturated heterocycles. The summed E-state index contributed by atoms with van der Waals surface area (Å²) in [6.45, 7) is 0.532. The van der Waals surface area contributed by atoms with E-state index >= 15 is 0 Å². The average molecular weight is 407 g/mol. The largest absolute Gasteiger partial charge is 0.391 e. The Labute approximate surface area is 175 Å². The number of rotatable bonds is 3. The molecule has 2 atom stereocenters. The maximum atomic E-state index is 13.3. The number of aliphatic hydroxyl groups excluding tert-OH is 1. The van der Waals surface area contributed by atoms with Crippen LogP contribution in [-0.2, 0) is 13.0 Å². The van der Waals surface area contributed by atoms with Crippen molar-refractivity contribution in [2.75, 3.05) is 0 Å². The van der Waals surface area contributed by atoms with E-state index in [9.17, 15) is 9.90 Å². The van der Waals surface area contributed by atoms with E-state index in [4.69, 9.17) is 11.6 Å². The number of carbonyl (C=O) groups excluding carboxylic acids is 1. The molecular formula is C24H23ClN2O2. The monoisotopic (exact) mass is 406 g/mol. The minimum absolute atomic E-state index is 0.0239. The van der Waals surface area contributed by atoms with Crippen LogP contribution in [0, 0.1) is 0 Å². The van der Waals surface area contributed by atoms with Crippen LogP contribution in [-0.4, -0.2) is 33.0 Å². The lowest BCUT2D eigenvalue weighted by Crippen LogP contribution is -2.45. The topological polar surface area (TPSA) is 53.4 Å². The van der Waals surface area contributed by atoms with Gasteiger partial charge in [-0.3, -0.25) is 9.78 Å². The Morgan fingerprint density at radius 2 is 1.93 bits per heavy atom. The van der Waals surface area contributed by atoms with Crippen LogP contribution < -0.4 is 0 Å². The van der Waals surface area contributed by atoms with Gasteiger partial charge >= 0.3 is 0 Å². The van der Waals surface area contributed by atoms with Crippen LogP contribution in [0.15, 0.2) is 48.7 Å². The van der Waals surface area contributed by atoms with Crippen LogP contribution in [0.25, 0.3) is 10.9 Å². The molecule has 1 saturated carbocycles. The normalized spacial score (nSPS) is 21.6. The summed E-state index contributed by atoms with van der Waals surface area (Å²) in [7, 11) is 0. The lowest BCUT2D eigenvalue weighted by Gasteiger charge is -2.35. The first-order chi connectivity index (χ1) is 14.1. The number of aliphatic hydroxyl groups is 1. The third-order valence-electron chi connectivity index (χ3n) is 6.31. The van der Waals surface area contributed by atoms with Gasteiger partial charge in [-0.2, -0.15) is 0 Å². The molecule has 1 amide bonds. The van der Waals surface area contributed by atoms with E-state index in [1.54, 1.807) is 6.20 Å². The SMILES string of the molecule is O=C1c2cc(Cc3ccc(Cl)cc3)c3cccnc3c2CN1C1CCCCC1O.